The van der Waals surface area contributed by atoms with Crippen LogP contribution in [0.25, 0.3) is 0 Å². The maximum absolute atomic E-state index is 12.4. The molecule has 1 N–H and O–H groups in total. The molecular formula is C21H25N3O3. The first-order valence-corrected chi connectivity index (χ1v) is 9.05. The monoisotopic (exact) mass is 367 g/mol. The van der Waals surface area contributed by atoms with Crippen LogP contribution in [0.2, 0.25) is 0 Å². The molecule has 27 heavy (non-hydrogen) atoms. The SMILES string of the molecule is CN1C(=O)C[C@H]([C@H](Cc2ccccc2)NC(=O)OCc2ccccc2)N1C. The van der Waals surface area contributed by atoms with Gasteiger partial charge in [0, 0.05) is 20.5 Å². The van der Waals surface area contributed by atoms with Crippen molar-refractivity contribution in [1.82, 2.24) is 15.3 Å². The summed E-state index contributed by atoms with van der Waals surface area (Å²) >= 11 is 0. The van der Waals surface area contributed by atoms with Gasteiger partial charge >= 0.3 is 6.09 Å². The van der Waals surface area contributed by atoms with Gasteiger partial charge in [0.2, 0.25) is 5.91 Å². The molecule has 1 saturated heterocycles. The molecule has 1 heterocycles. The van der Waals surface area contributed by atoms with Gasteiger partial charge < -0.3 is 10.1 Å². The summed E-state index contributed by atoms with van der Waals surface area (Å²) in [6, 6.07) is 19.1. The highest BCUT2D eigenvalue weighted by Crippen LogP contribution is 2.21. The first-order chi connectivity index (χ1) is 13.0. The Morgan fingerprint density at radius 2 is 1.67 bits per heavy atom. The van der Waals surface area contributed by atoms with E-state index in [0.29, 0.717) is 12.8 Å². The number of amides is 2. The predicted octanol–water partition coefficient (Wildman–Crippen LogP) is 2.60. The molecule has 0 bridgehead atoms. The van der Waals surface area contributed by atoms with Crippen molar-refractivity contribution >= 4 is 12.0 Å². The van der Waals surface area contributed by atoms with E-state index in [0.717, 1.165) is 11.1 Å². The van der Waals surface area contributed by atoms with Gasteiger partial charge in [-0.25, -0.2) is 9.80 Å². The second-order valence-electron chi connectivity index (χ2n) is 6.76. The quantitative estimate of drug-likeness (QED) is 0.853. The zero-order valence-electron chi connectivity index (χ0n) is 15.7. The number of hydrazine groups is 1. The van der Waals surface area contributed by atoms with E-state index in [1.54, 1.807) is 12.1 Å². The molecule has 0 aromatic heterocycles. The lowest BCUT2D eigenvalue weighted by Gasteiger charge is -2.31. The molecule has 6 heteroatoms. The van der Waals surface area contributed by atoms with E-state index >= 15 is 0 Å². The molecule has 1 aliphatic rings. The summed E-state index contributed by atoms with van der Waals surface area (Å²) in [5.41, 5.74) is 2.03. The van der Waals surface area contributed by atoms with Crippen LogP contribution >= 0.6 is 0 Å². The summed E-state index contributed by atoms with van der Waals surface area (Å²) in [7, 11) is 3.61. The first kappa shape index (κ1) is 18.9. The van der Waals surface area contributed by atoms with E-state index in [9.17, 15) is 9.59 Å². The fourth-order valence-electron chi connectivity index (χ4n) is 3.31. The first-order valence-electron chi connectivity index (χ1n) is 9.05. The lowest BCUT2D eigenvalue weighted by molar-refractivity contribution is -0.134. The molecule has 1 aliphatic heterocycles. The summed E-state index contributed by atoms with van der Waals surface area (Å²) in [5, 5.41) is 6.45. The van der Waals surface area contributed by atoms with Crippen molar-refractivity contribution in [3.63, 3.8) is 0 Å². The molecule has 2 aromatic carbocycles. The third-order valence-electron chi connectivity index (χ3n) is 4.98. The van der Waals surface area contributed by atoms with Crippen molar-refractivity contribution in [3.8, 4) is 0 Å². The molecule has 0 unspecified atom stereocenters. The molecular weight excluding hydrogens is 342 g/mol. The smallest absolute Gasteiger partial charge is 0.407 e. The molecule has 0 aliphatic carbocycles. The Morgan fingerprint density at radius 1 is 1.07 bits per heavy atom. The second kappa shape index (κ2) is 8.68. The maximum Gasteiger partial charge on any atom is 0.407 e. The number of alkyl carbamates (subject to hydrolysis) is 1. The lowest BCUT2D eigenvalue weighted by atomic mass is 9.97. The molecule has 0 saturated carbocycles. The number of rotatable bonds is 6. The Bertz CT molecular complexity index is 767. The molecule has 142 valence electrons. The summed E-state index contributed by atoms with van der Waals surface area (Å²) in [6.45, 7) is 0.212. The number of hydrogen-bond acceptors (Lipinski definition) is 4. The highest BCUT2D eigenvalue weighted by molar-refractivity contribution is 5.78. The van der Waals surface area contributed by atoms with Gasteiger partial charge in [0.15, 0.2) is 0 Å². The van der Waals surface area contributed by atoms with Crippen LogP contribution in [-0.4, -0.2) is 48.2 Å². The van der Waals surface area contributed by atoms with E-state index in [-0.39, 0.29) is 24.6 Å². The molecule has 0 radical (unpaired) electrons. The number of benzene rings is 2. The average Bonchev–Trinajstić information content (AvgIpc) is 2.95. The molecule has 2 atom stereocenters. The number of nitrogens with zero attached hydrogens (tertiary/aromatic N) is 2. The summed E-state index contributed by atoms with van der Waals surface area (Å²) in [5.74, 6) is 0.0417. The van der Waals surface area contributed by atoms with Crippen LogP contribution in [0.15, 0.2) is 60.7 Å². The highest BCUT2D eigenvalue weighted by Gasteiger charge is 2.38. The van der Waals surface area contributed by atoms with Gasteiger partial charge in [-0.05, 0) is 17.5 Å². The normalized spacial score (nSPS) is 18.4. The van der Waals surface area contributed by atoms with E-state index in [1.165, 1.54) is 0 Å². The fraction of sp³-hybridized carbons (Fsp3) is 0.333. The van der Waals surface area contributed by atoms with Crippen molar-refractivity contribution < 1.29 is 14.3 Å². The Morgan fingerprint density at radius 3 is 2.22 bits per heavy atom. The Hall–Kier alpha value is -2.86. The van der Waals surface area contributed by atoms with Gasteiger partial charge in [0.25, 0.3) is 0 Å². The van der Waals surface area contributed by atoms with Crippen molar-refractivity contribution in [3.05, 3.63) is 71.8 Å². The number of carbonyl (C=O) groups is 2. The van der Waals surface area contributed by atoms with E-state index < -0.39 is 6.09 Å². The van der Waals surface area contributed by atoms with Crippen LogP contribution in [0.5, 0.6) is 0 Å². The molecule has 1 fully saturated rings. The number of likely N-dealkylation sites (N-methyl/N-ethyl adjacent to an activating group) is 1. The second-order valence-corrected chi connectivity index (χ2v) is 6.76. The van der Waals surface area contributed by atoms with Gasteiger partial charge in [-0.3, -0.25) is 9.80 Å². The average molecular weight is 367 g/mol. The molecule has 2 aromatic rings. The molecule has 0 spiro atoms. The minimum absolute atomic E-state index is 0.0417. The third-order valence-corrected chi connectivity index (χ3v) is 4.98. The third kappa shape index (κ3) is 4.86. The number of nitrogens with one attached hydrogen (secondary N) is 1. The van der Waals surface area contributed by atoms with Crippen LogP contribution in [0.3, 0.4) is 0 Å². The standard InChI is InChI=1S/C21H25N3O3/c1-23-19(14-20(25)24(23)2)18(13-16-9-5-3-6-10-16)22-21(26)27-15-17-11-7-4-8-12-17/h3-12,18-19H,13-15H2,1-2H3,(H,22,26)/t18-,19+/m0/s1. The summed E-state index contributed by atoms with van der Waals surface area (Å²) in [4.78, 5) is 24.5. The zero-order valence-corrected chi connectivity index (χ0v) is 15.7. The number of carbonyl (C=O) groups excluding carboxylic acids is 2. The minimum atomic E-state index is -0.477. The minimum Gasteiger partial charge on any atom is -0.445 e. The summed E-state index contributed by atoms with van der Waals surface area (Å²) < 4.78 is 5.38. The number of hydrogen-bond donors (Lipinski definition) is 1. The molecule has 6 nitrogen and oxygen atoms in total. The Kier molecular flexibility index (Phi) is 6.08. The highest BCUT2D eigenvalue weighted by atomic mass is 16.5. The number of ether oxygens (including phenoxy) is 1. The van der Waals surface area contributed by atoms with E-state index in [1.807, 2.05) is 72.7 Å². The van der Waals surface area contributed by atoms with Crippen LogP contribution in [0, 0.1) is 0 Å². The van der Waals surface area contributed by atoms with Crippen LogP contribution in [0.1, 0.15) is 17.5 Å². The van der Waals surface area contributed by atoms with Gasteiger partial charge in [0.1, 0.15) is 6.61 Å². The van der Waals surface area contributed by atoms with E-state index in [2.05, 4.69) is 5.32 Å². The lowest BCUT2D eigenvalue weighted by Crippen LogP contribution is -2.51. The Labute approximate surface area is 159 Å². The van der Waals surface area contributed by atoms with Gasteiger partial charge in [-0.15, -0.1) is 0 Å². The fourth-order valence-corrected chi connectivity index (χ4v) is 3.31. The van der Waals surface area contributed by atoms with E-state index in [4.69, 9.17) is 4.74 Å². The van der Waals surface area contributed by atoms with Crippen molar-refractivity contribution in [2.75, 3.05) is 14.1 Å². The van der Waals surface area contributed by atoms with Crippen LogP contribution in [0.4, 0.5) is 4.79 Å². The largest absolute Gasteiger partial charge is 0.445 e. The maximum atomic E-state index is 12.4. The molecule has 3 rings (SSSR count). The predicted molar refractivity (Wildman–Crippen MR) is 103 cm³/mol. The van der Waals surface area contributed by atoms with Crippen LogP contribution in [-0.2, 0) is 22.6 Å². The van der Waals surface area contributed by atoms with Crippen molar-refractivity contribution in [2.45, 2.75) is 31.5 Å². The van der Waals surface area contributed by atoms with Gasteiger partial charge in [0.05, 0.1) is 12.1 Å². The van der Waals surface area contributed by atoms with Gasteiger partial charge in [-0.2, -0.15) is 0 Å². The Balaban J connectivity index is 1.67. The van der Waals surface area contributed by atoms with Crippen LogP contribution < -0.4 is 5.32 Å². The topological polar surface area (TPSA) is 61.9 Å². The van der Waals surface area contributed by atoms with Crippen molar-refractivity contribution in [1.29, 1.82) is 0 Å². The molecule has 2 amide bonds. The van der Waals surface area contributed by atoms with Crippen molar-refractivity contribution in [2.24, 2.45) is 0 Å². The van der Waals surface area contributed by atoms with Gasteiger partial charge in [-0.1, -0.05) is 60.7 Å². The summed E-state index contributed by atoms with van der Waals surface area (Å²) in [6.07, 6.45) is 0.510. The zero-order chi connectivity index (χ0) is 19.2.